The van der Waals surface area contributed by atoms with E-state index in [2.05, 4.69) is 15.5 Å². The number of nitrogens with one attached hydrogen (secondary N) is 2. The van der Waals surface area contributed by atoms with E-state index in [0.29, 0.717) is 40.8 Å². The van der Waals surface area contributed by atoms with Crippen molar-refractivity contribution in [3.8, 4) is 28.5 Å². The maximum absolute atomic E-state index is 12.8. The molecule has 3 aromatic carbocycles. The smallest absolute Gasteiger partial charge is 0.259 e. The Balaban J connectivity index is 1.27. The second-order valence-corrected chi connectivity index (χ2v) is 6.98. The van der Waals surface area contributed by atoms with Crippen molar-refractivity contribution in [1.29, 1.82) is 0 Å². The Morgan fingerprint density at radius 2 is 1.87 bits per heavy atom. The van der Waals surface area contributed by atoms with Crippen LogP contribution in [0.25, 0.3) is 11.3 Å². The summed E-state index contributed by atoms with van der Waals surface area (Å²) in [5.74, 6) is 1.84. The van der Waals surface area contributed by atoms with Gasteiger partial charge in [0.25, 0.3) is 5.91 Å². The van der Waals surface area contributed by atoms with Gasteiger partial charge in [0.05, 0.1) is 17.5 Å². The molecular formula is C24H19N3O4. The fourth-order valence-electron chi connectivity index (χ4n) is 3.35. The molecule has 1 aromatic heterocycles. The molecule has 0 unspecified atom stereocenters. The number of H-pyrrole nitrogens is 1. The van der Waals surface area contributed by atoms with Crippen LogP contribution < -0.4 is 19.5 Å². The molecule has 31 heavy (non-hydrogen) atoms. The molecular weight excluding hydrogens is 394 g/mol. The van der Waals surface area contributed by atoms with Crippen LogP contribution in [0.1, 0.15) is 15.9 Å². The van der Waals surface area contributed by atoms with Gasteiger partial charge in [-0.3, -0.25) is 9.89 Å². The van der Waals surface area contributed by atoms with Gasteiger partial charge in [0.15, 0.2) is 11.5 Å². The predicted molar refractivity (Wildman–Crippen MR) is 115 cm³/mol. The van der Waals surface area contributed by atoms with Gasteiger partial charge in [-0.05, 0) is 29.8 Å². The number of aromatic nitrogens is 2. The lowest BCUT2D eigenvalue weighted by atomic mass is 10.1. The third-order valence-electron chi connectivity index (χ3n) is 4.88. The molecule has 0 saturated heterocycles. The van der Waals surface area contributed by atoms with E-state index >= 15 is 0 Å². The highest BCUT2D eigenvalue weighted by atomic mass is 16.7. The van der Waals surface area contributed by atoms with E-state index in [1.165, 1.54) is 6.20 Å². The molecule has 7 heteroatoms. The molecule has 0 spiro atoms. The molecule has 7 nitrogen and oxygen atoms in total. The van der Waals surface area contributed by atoms with Crippen LogP contribution in [0, 0.1) is 0 Å². The van der Waals surface area contributed by atoms with E-state index in [4.69, 9.17) is 14.2 Å². The summed E-state index contributed by atoms with van der Waals surface area (Å²) in [6, 6.07) is 22.6. The number of ether oxygens (including phenoxy) is 3. The third-order valence-corrected chi connectivity index (χ3v) is 4.88. The van der Waals surface area contributed by atoms with Gasteiger partial charge in [0.1, 0.15) is 12.4 Å². The zero-order valence-electron chi connectivity index (χ0n) is 16.5. The first-order chi connectivity index (χ1) is 15.3. The summed E-state index contributed by atoms with van der Waals surface area (Å²) in [5, 5.41) is 9.88. The number of fused-ring (bicyclic) bond motifs is 1. The number of hydrogen-bond donors (Lipinski definition) is 2. The van der Waals surface area contributed by atoms with Crippen molar-refractivity contribution in [2.45, 2.75) is 6.61 Å². The molecule has 0 saturated carbocycles. The molecule has 4 aromatic rings. The normalized spacial score (nSPS) is 11.9. The molecule has 0 radical (unpaired) electrons. The average Bonchev–Trinajstić information content (AvgIpc) is 3.48. The van der Waals surface area contributed by atoms with Gasteiger partial charge in [-0.25, -0.2) is 0 Å². The summed E-state index contributed by atoms with van der Waals surface area (Å²) in [7, 11) is 0. The molecule has 0 fully saturated rings. The zero-order valence-corrected chi connectivity index (χ0v) is 16.5. The summed E-state index contributed by atoms with van der Waals surface area (Å²) in [5.41, 5.74) is 3.66. The number of anilines is 1. The van der Waals surface area contributed by atoms with E-state index < -0.39 is 0 Å². The van der Waals surface area contributed by atoms with E-state index in [9.17, 15) is 4.79 Å². The third kappa shape index (κ3) is 4.06. The molecule has 2 N–H and O–H groups in total. The van der Waals surface area contributed by atoms with Crippen LogP contribution in [0.4, 0.5) is 5.69 Å². The quantitative estimate of drug-likeness (QED) is 0.481. The molecule has 0 atom stereocenters. The predicted octanol–water partition coefficient (Wildman–Crippen LogP) is 4.64. The highest BCUT2D eigenvalue weighted by Gasteiger charge is 2.16. The number of nitrogens with zero attached hydrogens (tertiary/aromatic N) is 1. The Morgan fingerprint density at radius 3 is 2.77 bits per heavy atom. The largest absolute Gasteiger partial charge is 0.489 e. The lowest BCUT2D eigenvalue weighted by molar-refractivity contribution is 0.102. The minimum atomic E-state index is -0.235. The van der Waals surface area contributed by atoms with Gasteiger partial charge >= 0.3 is 0 Å². The minimum absolute atomic E-state index is 0.225. The Hall–Kier alpha value is -4.26. The molecule has 1 amide bonds. The van der Waals surface area contributed by atoms with Gasteiger partial charge in [-0.15, -0.1) is 0 Å². The second kappa shape index (κ2) is 8.23. The number of aromatic amines is 1. The standard InChI is InChI=1S/C24H19N3O4/c28-24(20-13-25-27-23(20)17-6-2-1-3-7-17)26-18-8-4-5-16(11-18)14-29-19-9-10-21-22(12-19)31-15-30-21/h1-13H,14-15H2,(H,25,27)(H,26,28). The summed E-state index contributed by atoms with van der Waals surface area (Å²) >= 11 is 0. The topological polar surface area (TPSA) is 85.5 Å². The number of hydrogen-bond acceptors (Lipinski definition) is 5. The van der Waals surface area contributed by atoms with Crippen LogP contribution in [0.2, 0.25) is 0 Å². The maximum Gasteiger partial charge on any atom is 0.259 e. The monoisotopic (exact) mass is 413 g/mol. The Kier molecular flexibility index (Phi) is 4.98. The Bertz CT molecular complexity index is 1220. The number of benzene rings is 3. The van der Waals surface area contributed by atoms with Gasteiger partial charge in [-0.2, -0.15) is 5.10 Å². The molecule has 1 aliphatic heterocycles. The summed E-state index contributed by atoms with van der Waals surface area (Å²) in [6.07, 6.45) is 1.53. The fourth-order valence-corrected chi connectivity index (χ4v) is 3.35. The summed E-state index contributed by atoms with van der Waals surface area (Å²) in [6.45, 7) is 0.577. The van der Waals surface area contributed by atoms with E-state index in [1.54, 1.807) is 6.07 Å². The van der Waals surface area contributed by atoms with Crippen molar-refractivity contribution in [1.82, 2.24) is 10.2 Å². The van der Waals surface area contributed by atoms with Gasteiger partial charge in [0, 0.05) is 17.3 Å². The van der Waals surface area contributed by atoms with E-state index in [1.807, 2.05) is 66.7 Å². The molecule has 0 aliphatic carbocycles. The Labute approximate surface area is 178 Å². The molecule has 1 aliphatic rings. The molecule has 0 bridgehead atoms. The SMILES string of the molecule is O=C(Nc1cccc(COc2ccc3c(c2)OCO3)c1)c1cn[nH]c1-c1ccccc1. The van der Waals surface area contributed by atoms with Crippen LogP contribution in [0.3, 0.4) is 0 Å². The van der Waals surface area contributed by atoms with Crippen molar-refractivity contribution in [2.24, 2.45) is 0 Å². The van der Waals surface area contributed by atoms with Crippen LogP contribution in [0.15, 0.2) is 79.0 Å². The van der Waals surface area contributed by atoms with Crippen molar-refractivity contribution in [3.63, 3.8) is 0 Å². The first-order valence-electron chi connectivity index (χ1n) is 9.78. The van der Waals surface area contributed by atoms with Crippen LogP contribution >= 0.6 is 0 Å². The lowest BCUT2D eigenvalue weighted by Crippen LogP contribution is -2.12. The van der Waals surface area contributed by atoms with Crippen molar-refractivity contribution < 1.29 is 19.0 Å². The molecule has 5 rings (SSSR count). The number of carbonyl (C=O) groups is 1. The fraction of sp³-hybridized carbons (Fsp3) is 0.0833. The average molecular weight is 413 g/mol. The number of carbonyl (C=O) groups excluding carboxylic acids is 1. The molecule has 2 heterocycles. The summed E-state index contributed by atoms with van der Waals surface area (Å²) < 4.78 is 16.5. The Morgan fingerprint density at radius 1 is 1.00 bits per heavy atom. The van der Waals surface area contributed by atoms with Gasteiger partial charge in [-0.1, -0.05) is 42.5 Å². The minimum Gasteiger partial charge on any atom is -0.489 e. The van der Waals surface area contributed by atoms with E-state index in [0.717, 1.165) is 11.1 Å². The zero-order chi connectivity index (χ0) is 21.0. The summed E-state index contributed by atoms with van der Waals surface area (Å²) in [4.78, 5) is 12.8. The number of amides is 1. The van der Waals surface area contributed by atoms with Crippen LogP contribution in [0.5, 0.6) is 17.2 Å². The maximum atomic E-state index is 12.8. The second-order valence-electron chi connectivity index (χ2n) is 6.98. The first-order valence-corrected chi connectivity index (χ1v) is 9.78. The van der Waals surface area contributed by atoms with Crippen LogP contribution in [-0.2, 0) is 6.61 Å². The van der Waals surface area contributed by atoms with Gasteiger partial charge < -0.3 is 19.5 Å². The number of rotatable bonds is 6. The lowest BCUT2D eigenvalue weighted by Gasteiger charge is -2.10. The van der Waals surface area contributed by atoms with E-state index in [-0.39, 0.29) is 12.7 Å². The van der Waals surface area contributed by atoms with Crippen molar-refractivity contribution >= 4 is 11.6 Å². The van der Waals surface area contributed by atoms with Crippen molar-refractivity contribution in [3.05, 3.63) is 90.1 Å². The van der Waals surface area contributed by atoms with Gasteiger partial charge in [0.2, 0.25) is 6.79 Å². The van der Waals surface area contributed by atoms with Crippen molar-refractivity contribution in [2.75, 3.05) is 12.1 Å². The van der Waals surface area contributed by atoms with Crippen LogP contribution in [-0.4, -0.2) is 22.9 Å². The highest BCUT2D eigenvalue weighted by Crippen LogP contribution is 2.35. The molecule has 154 valence electrons. The highest BCUT2D eigenvalue weighted by molar-refractivity contribution is 6.08. The first kappa shape index (κ1) is 18.7.